The molecule has 112 valence electrons. The average molecular weight is 293 g/mol. The maximum atomic E-state index is 9.19. The Kier molecular flexibility index (Phi) is 4.19. The molecule has 1 saturated heterocycles. The van der Waals surface area contributed by atoms with Gasteiger partial charge in [0, 0.05) is 32.0 Å². The van der Waals surface area contributed by atoms with Crippen LogP contribution in [0, 0.1) is 24.2 Å². The van der Waals surface area contributed by atoms with E-state index in [2.05, 4.69) is 39.2 Å². The minimum atomic E-state index is 0.538. The van der Waals surface area contributed by atoms with Crippen molar-refractivity contribution in [2.75, 3.05) is 29.9 Å². The Morgan fingerprint density at radius 3 is 3.09 bits per heavy atom. The van der Waals surface area contributed by atoms with Crippen LogP contribution in [-0.2, 0) is 0 Å². The average Bonchev–Trinajstić information content (AvgIpc) is 3.02. The molecule has 0 radical (unpaired) electrons. The SMILES string of the molecule is Cc1ccnc(NC[C@H]2CCN(c3ncccc3C#N)C2)c1. The Labute approximate surface area is 130 Å². The van der Waals surface area contributed by atoms with Crippen LogP contribution < -0.4 is 10.2 Å². The zero-order chi connectivity index (χ0) is 15.4. The molecule has 5 heteroatoms. The largest absolute Gasteiger partial charge is 0.370 e. The maximum absolute atomic E-state index is 9.19. The molecule has 2 aromatic rings. The molecule has 0 amide bonds. The van der Waals surface area contributed by atoms with Crippen LogP contribution in [-0.4, -0.2) is 29.6 Å². The van der Waals surface area contributed by atoms with Crippen LogP contribution in [0.3, 0.4) is 0 Å². The third-order valence-corrected chi connectivity index (χ3v) is 3.98. The minimum absolute atomic E-state index is 0.538. The van der Waals surface area contributed by atoms with Crippen molar-refractivity contribution in [3.8, 4) is 6.07 Å². The zero-order valence-corrected chi connectivity index (χ0v) is 12.7. The molecule has 0 unspecified atom stereocenters. The van der Waals surface area contributed by atoms with E-state index in [1.54, 1.807) is 12.3 Å². The zero-order valence-electron chi connectivity index (χ0n) is 12.7. The molecule has 0 saturated carbocycles. The Morgan fingerprint density at radius 1 is 1.36 bits per heavy atom. The number of hydrogen-bond acceptors (Lipinski definition) is 5. The monoisotopic (exact) mass is 293 g/mol. The van der Waals surface area contributed by atoms with Crippen molar-refractivity contribution in [1.29, 1.82) is 5.26 Å². The first-order valence-corrected chi connectivity index (χ1v) is 7.53. The summed E-state index contributed by atoms with van der Waals surface area (Å²) in [5, 5.41) is 12.6. The molecule has 1 atom stereocenters. The quantitative estimate of drug-likeness (QED) is 0.938. The van der Waals surface area contributed by atoms with Crippen molar-refractivity contribution in [2.45, 2.75) is 13.3 Å². The van der Waals surface area contributed by atoms with E-state index >= 15 is 0 Å². The van der Waals surface area contributed by atoms with Crippen LogP contribution in [0.2, 0.25) is 0 Å². The van der Waals surface area contributed by atoms with E-state index in [4.69, 9.17) is 0 Å². The highest BCUT2D eigenvalue weighted by molar-refractivity contribution is 5.54. The molecule has 1 aliphatic heterocycles. The van der Waals surface area contributed by atoms with E-state index < -0.39 is 0 Å². The summed E-state index contributed by atoms with van der Waals surface area (Å²) in [5.74, 6) is 2.27. The number of pyridine rings is 2. The maximum Gasteiger partial charge on any atom is 0.146 e. The van der Waals surface area contributed by atoms with Crippen molar-refractivity contribution < 1.29 is 0 Å². The highest BCUT2D eigenvalue weighted by Crippen LogP contribution is 2.24. The van der Waals surface area contributed by atoms with E-state index in [0.717, 1.165) is 37.7 Å². The summed E-state index contributed by atoms with van der Waals surface area (Å²) >= 11 is 0. The lowest BCUT2D eigenvalue weighted by Crippen LogP contribution is -2.24. The Hall–Kier alpha value is -2.61. The van der Waals surface area contributed by atoms with Gasteiger partial charge in [0.05, 0.1) is 5.56 Å². The summed E-state index contributed by atoms with van der Waals surface area (Å²) in [4.78, 5) is 10.9. The molecule has 2 aromatic heterocycles. The van der Waals surface area contributed by atoms with Gasteiger partial charge in [-0.25, -0.2) is 9.97 Å². The van der Waals surface area contributed by atoms with Crippen LogP contribution in [0.25, 0.3) is 0 Å². The number of aryl methyl sites for hydroxylation is 1. The molecule has 0 aliphatic carbocycles. The lowest BCUT2D eigenvalue weighted by Gasteiger charge is -2.18. The van der Waals surface area contributed by atoms with Gasteiger partial charge in [-0.2, -0.15) is 5.26 Å². The van der Waals surface area contributed by atoms with Crippen molar-refractivity contribution in [3.63, 3.8) is 0 Å². The molecule has 22 heavy (non-hydrogen) atoms. The number of nitriles is 1. The Morgan fingerprint density at radius 2 is 2.27 bits per heavy atom. The van der Waals surface area contributed by atoms with E-state index in [-0.39, 0.29) is 0 Å². The van der Waals surface area contributed by atoms with Crippen LogP contribution in [0.1, 0.15) is 17.5 Å². The predicted octanol–water partition coefficient (Wildman–Crippen LogP) is 2.60. The second-order valence-electron chi connectivity index (χ2n) is 5.69. The van der Waals surface area contributed by atoms with E-state index in [9.17, 15) is 5.26 Å². The van der Waals surface area contributed by atoms with Gasteiger partial charge >= 0.3 is 0 Å². The van der Waals surface area contributed by atoms with Crippen molar-refractivity contribution in [1.82, 2.24) is 9.97 Å². The fraction of sp³-hybridized carbons (Fsp3) is 0.353. The number of rotatable bonds is 4. The molecule has 0 aromatic carbocycles. The van der Waals surface area contributed by atoms with Gasteiger partial charge in [-0.3, -0.25) is 0 Å². The normalized spacial score (nSPS) is 17.3. The number of hydrogen-bond donors (Lipinski definition) is 1. The van der Waals surface area contributed by atoms with Gasteiger partial charge in [0.25, 0.3) is 0 Å². The number of nitrogens with one attached hydrogen (secondary N) is 1. The van der Waals surface area contributed by atoms with Gasteiger partial charge in [-0.1, -0.05) is 0 Å². The third-order valence-electron chi connectivity index (χ3n) is 3.98. The van der Waals surface area contributed by atoms with Gasteiger partial charge in [0.15, 0.2) is 0 Å². The van der Waals surface area contributed by atoms with Crippen LogP contribution in [0.4, 0.5) is 11.6 Å². The Bertz CT molecular complexity index is 691. The van der Waals surface area contributed by atoms with Crippen LogP contribution in [0.5, 0.6) is 0 Å². The van der Waals surface area contributed by atoms with Crippen molar-refractivity contribution in [2.24, 2.45) is 5.92 Å². The van der Waals surface area contributed by atoms with E-state index in [1.165, 1.54) is 5.56 Å². The highest BCUT2D eigenvalue weighted by atomic mass is 15.2. The standard InChI is InChI=1S/C17H19N5/c1-13-4-7-19-16(9-13)21-11-14-5-8-22(12-14)17-15(10-18)3-2-6-20-17/h2-4,6-7,9,14H,5,8,11-12H2,1H3,(H,19,21)/t14-/m1/s1. The smallest absolute Gasteiger partial charge is 0.146 e. The van der Waals surface area contributed by atoms with Gasteiger partial charge in [0.2, 0.25) is 0 Å². The number of nitrogens with zero attached hydrogens (tertiary/aromatic N) is 4. The van der Waals surface area contributed by atoms with Crippen molar-refractivity contribution in [3.05, 3.63) is 47.8 Å². The highest BCUT2D eigenvalue weighted by Gasteiger charge is 2.24. The third kappa shape index (κ3) is 3.17. The summed E-state index contributed by atoms with van der Waals surface area (Å²) in [6, 6.07) is 9.90. The van der Waals surface area contributed by atoms with E-state index in [1.807, 2.05) is 18.3 Å². The summed E-state index contributed by atoms with van der Waals surface area (Å²) in [6.45, 7) is 4.82. The Balaban J connectivity index is 1.60. The van der Waals surface area contributed by atoms with Gasteiger partial charge in [-0.15, -0.1) is 0 Å². The summed E-state index contributed by atoms with van der Waals surface area (Å²) in [5.41, 5.74) is 1.86. The summed E-state index contributed by atoms with van der Waals surface area (Å²) < 4.78 is 0. The predicted molar refractivity (Wildman–Crippen MR) is 86.7 cm³/mol. The molecule has 1 aliphatic rings. The molecule has 0 spiro atoms. The fourth-order valence-electron chi connectivity index (χ4n) is 2.81. The minimum Gasteiger partial charge on any atom is -0.370 e. The lowest BCUT2D eigenvalue weighted by atomic mass is 10.1. The van der Waals surface area contributed by atoms with Crippen LogP contribution >= 0.6 is 0 Å². The first-order chi connectivity index (χ1) is 10.8. The molecule has 5 nitrogen and oxygen atoms in total. The molecule has 3 heterocycles. The van der Waals surface area contributed by atoms with E-state index in [0.29, 0.717) is 11.5 Å². The van der Waals surface area contributed by atoms with Gasteiger partial charge in [-0.05, 0) is 49.1 Å². The number of anilines is 2. The molecular weight excluding hydrogens is 274 g/mol. The molecule has 1 N–H and O–H groups in total. The molecule has 3 rings (SSSR count). The number of aromatic nitrogens is 2. The topological polar surface area (TPSA) is 64.8 Å². The molecule has 1 fully saturated rings. The first-order valence-electron chi connectivity index (χ1n) is 7.53. The van der Waals surface area contributed by atoms with Gasteiger partial charge in [0.1, 0.15) is 17.7 Å². The summed E-state index contributed by atoms with van der Waals surface area (Å²) in [6.07, 6.45) is 4.67. The molecular formula is C17H19N5. The lowest BCUT2D eigenvalue weighted by molar-refractivity contribution is 0.621. The first kappa shape index (κ1) is 14.3. The van der Waals surface area contributed by atoms with Gasteiger partial charge < -0.3 is 10.2 Å². The van der Waals surface area contributed by atoms with Crippen LogP contribution in [0.15, 0.2) is 36.7 Å². The second kappa shape index (κ2) is 6.44. The van der Waals surface area contributed by atoms with Crippen molar-refractivity contribution >= 4 is 11.6 Å². The molecule has 0 bridgehead atoms. The second-order valence-corrected chi connectivity index (χ2v) is 5.69. The summed E-state index contributed by atoms with van der Waals surface area (Å²) in [7, 11) is 0. The fourth-order valence-corrected chi connectivity index (χ4v) is 2.81.